The molecule has 2 saturated carbocycles. The molecule has 0 bridgehead atoms. The van der Waals surface area contributed by atoms with E-state index in [0.29, 0.717) is 23.5 Å². The fourth-order valence-electron chi connectivity index (χ4n) is 5.56. The molecule has 4 rings (SSSR count). The monoisotopic (exact) mass is 288 g/mol. The van der Waals surface area contributed by atoms with Gasteiger partial charge in [-0.15, -0.1) is 0 Å². The Morgan fingerprint density at radius 2 is 2.00 bits per heavy atom. The average molecular weight is 288 g/mol. The summed E-state index contributed by atoms with van der Waals surface area (Å²) in [6, 6.07) is 5.80. The van der Waals surface area contributed by atoms with E-state index >= 15 is 0 Å². The third-order valence-corrected chi connectivity index (χ3v) is 6.68. The Morgan fingerprint density at radius 1 is 1.19 bits per heavy atom. The van der Waals surface area contributed by atoms with Crippen molar-refractivity contribution in [1.82, 2.24) is 0 Å². The summed E-state index contributed by atoms with van der Waals surface area (Å²) in [6.45, 7) is 2.17. The van der Waals surface area contributed by atoms with Gasteiger partial charge in [-0.25, -0.2) is 0 Å². The van der Waals surface area contributed by atoms with Crippen molar-refractivity contribution < 1.29 is 15.3 Å². The molecule has 3 N–H and O–H groups in total. The van der Waals surface area contributed by atoms with Gasteiger partial charge in [0.25, 0.3) is 0 Å². The molecule has 0 heterocycles. The second-order valence-corrected chi connectivity index (χ2v) is 7.59. The third kappa shape index (κ3) is 1.80. The normalized spacial score (nSPS) is 44.8. The van der Waals surface area contributed by atoms with Gasteiger partial charge < -0.3 is 15.3 Å². The lowest BCUT2D eigenvalue weighted by atomic mass is 9.55. The number of rotatable bonds is 0. The first-order valence-corrected chi connectivity index (χ1v) is 8.18. The fraction of sp³-hybridized carbons (Fsp3) is 0.667. The Bertz CT molecular complexity index is 570. The van der Waals surface area contributed by atoms with E-state index in [4.69, 9.17) is 0 Å². The number of phenolic OH excluding ortho intramolecular Hbond substituents is 1. The van der Waals surface area contributed by atoms with Crippen LogP contribution in [0.25, 0.3) is 0 Å². The van der Waals surface area contributed by atoms with Gasteiger partial charge in [0.05, 0.1) is 12.2 Å². The molecule has 0 aromatic heterocycles. The molecular formula is C18H24O3. The Balaban J connectivity index is 1.71. The molecule has 1 aromatic carbocycles. The largest absolute Gasteiger partial charge is 0.508 e. The first kappa shape index (κ1) is 13.6. The van der Waals surface area contributed by atoms with Gasteiger partial charge in [-0.3, -0.25) is 0 Å². The van der Waals surface area contributed by atoms with Crippen molar-refractivity contribution in [3.8, 4) is 5.75 Å². The first-order chi connectivity index (χ1) is 10.0. The number of aliphatic hydroxyl groups excluding tert-OH is 2. The topological polar surface area (TPSA) is 60.7 Å². The van der Waals surface area contributed by atoms with Gasteiger partial charge in [0.1, 0.15) is 5.75 Å². The third-order valence-electron chi connectivity index (χ3n) is 6.68. The molecule has 0 spiro atoms. The predicted molar refractivity (Wildman–Crippen MR) is 80.1 cm³/mol. The molecule has 0 amide bonds. The Hall–Kier alpha value is -1.06. The standard InChI is InChI=1S/C18H24O3/c1-18-7-6-13-12-5-3-11(19)8-10(12)2-4-14(13)15(18)9-16(20)17(18)21/h3,5,8,13-17,19-21H,2,4,6-7,9H2,1H3/t13-,14-,15-,16-,17-,18-/m1/s1. The van der Waals surface area contributed by atoms with Crippen molar-refractivity contribution in [2.45, 2.75) is 57.2 Å². The highest BCUT2D eigenvalue weighted by Gasteiger charge is 2.57. The lowest BCUT2D eigenvalue weighted by molar-refractivity contribution is -0.0505. The van der Waals surface area contributed by atoms with Crippen LogP contribution in [0.1, 0.15) is 49.7 Å². The molecule has 114 valence electrons. The summed E-state index contributed by atoms with van der Waals surface area (Å²) < 4.78 is 0. The van der Waals surface area contributed by atoms with Crippen LogP contribution in [0.5, 0.6) is 5.75 Å². The maximum atomic E-state index is 10.4. The lowest BCUT2D eigenvalue weighted by Crippen LogP contribution is -2.44. The smallest absolute Gasteiger partial charge is 0.115 e. The summed E-state index contributed by atoms with van der Waals surface area (Å²) >= 11 is 0. The molecule has 0 aliphatic heterocycles. The number of aryl methyl sites for hydroxylation is 1. The molecule has 3 aliphatic rings. The van der Waals surface area contributed by atoms with Crippen LogP contribution in [0.4, 0.5) is 0 Å². The van der Waals surface area contributed by atoms with Crippen LogP contribution >= 0.6 is 0 Å². The van der Waals surface area contributed by atoms with Gasteiger partial charge in [-0.1, -0.05) is 13.0 Å². The summed E-state index contributed by atoms with van der Waals surface area (Å²) in [5.74, 6) is 1.88. The summed E-state index contributed by atoms with van der Waals surface area (Å²) in [4.78, 5) is 0. The Labute approximate surface area is 125 Å². The van der Waals surface area contributed by atoms with Crippen molar-refractivity contribution in [2.75, 3.05) is 0 Å². The molecule has 3 aliphatic carbocycles. The van der Waals surface area contributed by atoms with Crippen LogP contribution in [-0.4, -0.2) is 27.5 Å². The zero-order valence-electron chi connectivity index (χ0n) is 12.5. The van der Waals surface area contributed by atoms with Crippen LogP contribution in [0.2, 0.25) is 0 Å². The molecule has 0 unspecified atom stereocenters. The minimum absolute atomic E-state index is 0.116. The zero-order chi connectivity index (χ0) is 14.8. The van der Waals surface area contributed by atoms with Crippen molar-refractivity contribution in [3.05, 3.63) is 29.3 Å². The first-order valence-electron chi connectivity index (χ1n) is 8.18. The number of phenols is 1. The minimum Gasteiger partial charge on any atom is -0.508 e. The van der Waals surface area contributed by atoms with Crippen LogP contribution in [0.3, 0.4) is 0 Å². The average Bonchev–Trinajstić information content (AvgIpc) is 2.70. The van der Waals surface area contributed by atoms with Gasteiger partial charge >= 0.3 is 0 Å². The second-order valence-electron chi connectivity index (χ2n) is 7.59. The highest BCUT2D eigenvalue weighted by Crippen LogP contribution is 2.60. The summed E-state index contributed by atoms with van der Waals surface area (Å²) in [5, 5.41) is 30.2. The quantitative estimate of drug-likeness (QED) is 0.687. The van der Waals surface area contributed by atoms with Crippen LogP contribution in [0.15, 0.2) is 18.2 Å². The van der Waals surface area contributed by atoms with E-state index in [1.54, 1.807) is 6.07 Å². The predicted octanol–water partition coefficient (Wildman–Crippen LogP) is 2.58. The maximum Gasteiger partial charge on any atom is 0.115 e. The van der Waals surface area contributed by atoms with E-state index in [9.17, 15) is 15.3 Å². The lowest BCUT2D eigenvalue weighted by Gasteiger charge is -2.49. The van der Waals surface area contributed by atoms with Gasteiger partial charge in [-0.05, 0) is 78.5 Å². The van der Waals surface area contributed by atoms with Crippen molar-refractivity contribution in [3.63, 3.8) is 0 Å². The minimum atomic E-state index is -0.565. The Kier molecular flexibility index (Phi) is 2.89. The second kappa shape index (κ2) is 4.47. The fourth-order valence-corrected chi connectivity index (χ4v) is 5.56. The molecule has 1 aromatic rings. The van der Waals surface area contributed by atoms with Crippen LogP contribution in [-0.2, 0) is 6.42 Å². The highest BCUT2D eigenvalue weighted by atomic mass is 16.3. The van der Waals surface area contributed by atoms with Crippen molar-refractivity contribution in [2.24, 2.45) is 17.3 Å². The molecular weight excluding hydrogens is 264 g/mol. The molecule has 6 atom stereocenters. The van der Waals surface area contributed by atoms with Gasteiger partial charge in [0, 0.05) is 0 Å². The zero-order valence-corrected chi connectivity index (χ0v) is 12.5. The SMILES string of the molecule is C[C@@]12CC[C@@H]3c4ccc(O)cc4CC[C@H]3[C@H]1C[C@@H](O)[C@H]2O. The summed E-state index contributed by atoms with van der Waals surface area (Å²) in [7, 11) is 0. The van der Waals surface area contributed by atoms with E-state index in [1.165, 1.54) is 11.1 Å². The number of aromatic hydroxyl groups is 1. The van der Waals surface area contributed by atoms with E-state index in [1.807, 2.05) is 6.07 Å². The molecule has 3 nitrogen and oxygen atoms in total. The number of fused-ring (bicyclic) bond motifs is 5. The number of benzene rings is 1. The summed E-state index contributed by atoms with van der Waals surface area (Å²) in [6.07, 6.45) is 3.80. The molecule has 0 saturated heterocycles. The van der Waals surface area contributed by atoms with Crippen LogP contribution < -0.4 is 0 Å². The number of hydrogen-bond donors (Lipinski definition) is 3. The van der Waals surface area contributed by atoms with E-state index in [0.717, 1.165) is 32.1 Å². The molecule has 2 fully saturated rings. The van der Waals surface area contributed by atoms with Gasteiger partial charge in [0.15, 0.2) is 0 Å². The van der Waals surface area contributed by atoms with Gasteiger partial charge in [0.2, 0.25) is 0 Å². The van der Waals surface area contributed by atoms with E-state index in [2.05, 4.69) is 13.0 Å². The Morgan fingerprint density at radius 3 is 2.81 bits per heavy atom. The number of aliphatic hydroxyl groups is 2. The van der Waals surface area contributed by atoms with Crippen LogP contribution in [0, 0.1) is 17.3 Å². The molecule has 21 heavy (non-hydrogen) atoms. The van der Waals surface area contributed by atoms with Gasteiger partial charge in [-0.2, -0.15) is 0 Å². The summed E-state index contributed by atoms with van der Waals surface area (Å²) in [5.41, 5.74) is 2.57. The number of hydrogen-bond acceptors (Lipinski definition) is 3. The molecule has 0 radical (unpaired) electrons. The maximum absolute atomic E-state index is 10.4. The van der Waals surface area contributed by atoms with E-state index < -0.39 is 12.2 Å². The molecule has 3 heteroatoms. The highest BCUT2D eigenvalue weighted by molar-refractivity contribution is 5.40. The van der Waals surface area contributed by atoms with E-state index in [-0.39, 0.29) is 5.41 Å². The van der Waals surface area contributed by atoms with Crippen molar-refractivity contribution >= 4 is 0 Å². The van der Waals surface area contributed by atoms with Crippen molar-refractivity contribution in [1.29, 1.82) is 0 Å².